The van der Waals surface area contributed by atoms with E-state index in [9.17, 15) is 13.4 Å². The second-order valence-electron chi connectivity index (χ2n) is 3.86. The molecule has 0 N–H and O–H groups in total. The molecular formula is C13H10ClFO2S2. The average Bonchev–Trinajstić information content (AvgIpc) is 2.84. The quantitative estimate of drug-likeness (QED) is 0.801. The van der Waals surface area contributed by atoms with Crippen LogP contribution in [0.15, 0.2) is 41.3 Å². The zero-order valence-corrected chi connectivity index (χ0v) is 12.3. The van der Waals surface area contributed by atoms with Gasteiger partial charge < -0.3 is 0 Å². The summed E-state index contributed by atoms with van der Waals surface area (Å²) in [4.78, 5) is 13.0. The van der Waals surface area contributed by atoms with E-state index in [0.717, 1.165) is 11.3 Å². The molecule has 1 aromatic heterocycles. The van der Waals surface area contributed by atoms with E-state index in [0.29, 0.717) is 14.1 Å². The maximum atomic E-state index is 12.8. The van der Waals surface area contributed by atoms with Crippen LogP contribution in [0.4, 0.5) is 4.39 Å². The summed E-state index contributed by atoms with van der Waals surface area (Å²) in [5, 5.41) is -0.694. The number of carbonyl (C=O) groups is 1. The summed E-state index contributed by atoms with van der Waals surface area (Å²) < 4.78 is 25.5. The van der Waals surface area contributed by atoms with Crippen LogP contribution in [0.3, 0.4) is 0 Å². The third-order valence-electron chi connectivity index (χ3n) is 2.55. The zero-order valence-electron chi connectivity index (χ0n) is 9.93. The highest BCUT2D eigenvalue weighted by Crippen LogP contribution is 2.24. The van der Waals surface area contributed by atoms with E-state index in [2.05, 4.69) is 0 Å². The monoisotopic (exact) mass is 316 g/mol. The molecule has 2 atom stereocenters. The highest BCUT2D eigenvalue weighted by atomic mass is 35.5. The van der Waals surface area contributed by atoms with Crippen LogP contribution < -0.4 is 0 Å². The first-order valence-corrected chi connectivity index (χ1v) is 7.85. The van der Waals surface area contributed by atoms with Crippen molar-refractivity contribution in [2.45, 2.75) is 17.1 Å². The lowest BCUT2D eigenvalue weighted by Gasteiger charge is -2.09. The SMILES string of the molecule is CC(C(=O)c1ccc(Cl)s1)S(=O)c1ccc(F)cc1. The van der Waals surface area contributed by atoms with Crippen molar-refractivity contribution >= 4 is 39.5 Å². The standard InChI is InChI=1S/C13H10ClFO2S2/c1-8(13(16)11-6-7-12(14)18-11)19(17)10-4-2-9(15)3-5-10/h2-8H,1H3. The van der Waals surface area contributed by atoms with Crippen molar-refractivity contribution in [3.05, 3.63) is 51.4 Å². The first-order valence-electron chi connectivity index (χ1n) is 5.44. The molecule has 0 saturated heterocycles. The largest absolute Gasteiger partial charge is 0.292 e. The fourth-order valence-corrected chi connectivity index (χ4v) is 3.80. The molecule has 0 amide bonds. The lowest BCUT2D eigenvalue weighted by atomic mass is 10.2. The van der Waals surface area contributed by atoms with Crippen molar-refractivity contribution in [3.8, 4) is 0 Å². The van der Waals surface area contributed by atoms with E-state index >= 15 is 0 Å². The van der Waals surface area contributed by atoms with E-state index in [-0.39, 0.29) is 5.78 Å². The van der Waals surface area contributed by atoms with Gasteiger partial charge in [-0.25, -0.2) is 4.39 Å². The Balaban J connectivity index is 2.19. The Bertz CT molecular complexity index is 622. The van der Waals surface area contributed by atoms with Gasteiger partial charge in [-0.1, -0.05) is 11.6 Å². The van der Waals surface area contributed by atoms with Gasteiger partial charge in [0.1, 0.15) is 11.1 Å². The molecule has 0 aliphatic rings. The maximum Gasteiger partial charge on any atom is 0.188 e. The molecule has 0 radical (unpaired) electrons. The Labute approximate surface area is 121 Å². The van der Waals surface area contributed by atoms with Crippen molar-refractivity contribution < 1.29 is 13.4 Å². The van der Waals surface area contributed by atoms with Crippen molar-refractivity contribution in [2.24, 2.45) is 0 Å². The van der Waals surface area contributed by atoms with Crippen LogP contribution in [0, 0.1) is 5.82 Å². The number of thiophene rings is 1. The van der Waals surface area contributed by atoms with Gasteiger partial charge >= 0.3 is 0 Å². The van der Waals surface area contributed by atoms with E-state index in [1.165, 1.54) is 24.3 Å². The Morgan fingerprint density at radius 2 is 1.89 bits per heavy atom. The van der Waals surface area contributed by atoms with Gasteiger partial charge in [-0.05, 0) is 43.3 Å². The van der Waals surface area contributed by atoms with E-state index < -0.39 is 21.9 Å². The number of Topliss-reactive ketones (excluding diaryl/α,β-unsaturated/α-hetero) is 1. The van der Waals surface area contributed by atoms with Crippen LogP contribution in [-0.2, 0) is 10.8 Å². The highest BCUT2D eigenvalue weighted by Gasteiger charge is 2.24. The van der Waals surface area contributed by atoms with E-state index in [1.54, 1.807) is 19.1 Å². The molecule has 6 heteroatoms. The van der Waals surface area contributed by atoms with Gasteiger partial charge in [0.25, 0.3) is 0 Å². The molecule has 0 fully saturated rings. The summed E-state index contributed by atoms with van der Waals surface area (Å²) >= 11 is 6.93. The minimum atomic E-state index is -1.51. The van der Waals surface area contributed by atoms with Gasteiger partial charge in [0.05, 0.1) is 20.0 Å². The number of carbonyl (C=O) groups excluding carboxylic acids is 1. The van der Waals surface area contributed by atoms with Crippen LogP contribution in [0.25, 0.3) is 0 Å². The fourth-order valence-electron chi connectivity index (χ4n) is 1.52. The predicted octanol–water partition coefficient (Wildman–Crippen LogP) is 3.92. The van der Waals surface area contributed by atoms with Gasteiger partial charge in [-0.15, -0.1) is 11.3 Å². The number of rotatable bonds is 4. The average molecular weight is 317 g/mol. The van der Waals surface area contributed by atoms with Gasteiger partial charge in [0.2, 0.25) is 0 Å². The number of benzene rings is 1. The maximum absolute atomic E-state index is 12.8. The topological polar surface area (TPSA) is 34.1 Å². The van der Waals surface area contributed by atoms with Crippen molar-refractivity contribution in [3.63, 3.8) is 0 Å². The number of halogens is 2. The van der Waals surface area contributed by atoms with Gasteiger partial charge in [0, 0.05) is 4.90 Å². The zero-order chi connectivity index (χ0) is 14.0. The molecule has 2 nitrogen and oxygen atoms in total. The molecule has 0 aliphatic carbocycles. The van der Waals surface area contributed by atoms with E-state index in [1.807, 2.05) is 0 Å². The van der Waals surface area contributed by atoms with E-state index in [4.69, 9.17) is 11.6 Å². The third kappa shape index (κ3) is 3.29. The number of hydrogen-bond acceptors (Lipinski definition) is 3. The molecule has 1 aromatic carbocycles. The van der Waals surface area contributed by atoms with Crippen LogP contribution in [0.1, 0.15) is 16.6 Å². The molecule has 0 saturated carbocycles. The molecule has 0 bridgehead atoms. The smallest absolute Gasteiger partial charge is 0.188 e. The first-order chi connectivity index (χ1) is 8.99. The molecule has 2 unspecified atom stereocenters. The molecule has 19 heavy (non-hydrogen) atoms. The predicted molar refractivity (Wildman–Crippen MR) is 75.9 cm³/mol. The second kappa shape index (κ2) is 5.94. The summed E-state index contributed by atoms with van der Waals surface area (Å²) in [5.74, 6) is -0.621. The summed E-state index contributed by atoms with van der Waals surface area (Å²) in [6.07, 6.45) is 0. The minimum absolute atomic E-state index is 0.223. The molecule has 2 aromatic rings. The molecule has 0 spiro atoms. The van der Waals surface area contributed by atoms with Crippen LogP contribution in [-0.4, -0.2) is 15.2 Å². The molecule has 2 rings (SSSR count). The Hall–Kier alpha value is -1.04. The van der Waals surface area contributed by atoms with Gasteiger partial charge in [-0.2, -0.15) is 0 Å². The lowest BCUT2D eigenvalue weighted by molar-refractivity contribution is 0.0996. The van der Waals surface area contributed by atoms with Crippen molar-refractivity contribution in [1.29, 1.82) is 0 Å². The Morgan fingerprint density at radius 1 is 1.26 bits per heavy atom. The molecule has 100 valence electrons. The minimum Gasteiger partial charge on any atom is -0.292 e. The van der Waals surface area contributed by atoms with Gasteiger partial charge in [0.15, 0.2) is 5.78 Å². The summed E-state index contributed by atoms with van der Waals surface area (Å²) in [5.41, 5.74) is 0. The highest BCUT2D eigenvalue weighted by molar-refractivity contribution is 7.86. The van der Waals surface area contributed by atoms with Gasteiger partial charge in [-0.3, -0.25) is 9.00 Å². The number of ketones is 1. The summed E-state index contributed by atoms with van der Waals surface area (Å²) in [6, 6.07) is 8.56. The normalized spacial score (nSPS) is 14.1. The lowest BCUT2D eigenvalue weighted by Crippen LogP contribution is -2.22. The van der Waals surface area contributed by atoms with Crippen LogP contribution in [0.2, 0.25) is 4.34 Å². The molecule has 0 aliphatic heterocycles. The first kappa shape index (κ1) is 14.4. The second-order valence-corrected chi connectivity index (χ2v) is 7.35. The van der Waals surface area contributed by atoms with Crippen LogP contribution in [0.5, 0.6) is 0 Å². The summed E-state index contributed by atoms with van der Waals surface area (Å²) in [7, 11) is -1.51. The van der Waals surface area contributed by atoms with Crippen molar-refractivity contribution in [1.82, 2.24) is 0 Å². The molecule has 1 heterocycles. The molecular weight excluding hydrogens is 307 g/mol. The van der Waals surface area contributed by atoms with Crippen LogP contribution >= 0.6 is 22.9 Å². The fraction of sp³-hybridized carbons (Fsp3) is 0.154. The third-order valence-corrected chi connectivity index (χ3v) is 5.39. The Kier molecular flexibility index (Phi) is 4.50. The number of hydrogen-bond donors (Lipinski definition) is 0. The summed E-state index contributed by atoms with van der Waals surface area (Å²) in [6.45, 7) is 1.59. The Morgan fingerprint density at radius 3 is 2.42 bits per heavy atom. The van der Waals surface area contributed by atoms with Crippen molar-refractivity contribution in [2.75, 3.05) is 0 Å².